The fourth-order valence-corrected chi connectivity index (χ4v) is 17.7. The van der Waals surface area contributed by atoms with E-state index in [1.165, 1.54) is 44.2 Å². The molecule has 0 spiro atoms. The van der Waals surface area contributed by atoms with E-state index in [1.807, 2.05) is 121 Å². The number of hydrogen-bond donors (Lipinski definition) is 0. The highest BCUT2D eigenvalue weighted by Crippen LogP contribution is 2.58. The van der Waals surface area contributed by atoms with Gasteiger partial charge in [-0.15, -0.1) is 0 Å². The molecule has 4 atom stereocenters. The van der Waals surface area contributed by atoms with Gasteiger partial charge < -0.3 is 27.4 Å². The molecule has 0 saturated heterocycles. The van der Waals surface area contributed by atoms with Crippen molar-refractivity contribution in [3.8, 4) is 113 Å². The molecule has 24 rings (SSSR count). The molecule has 0 saturated carbocycles. The first-order valence-corrected chi connectivity index (χ1v) is 38.5. The summed E-state index contributed by atoms with van der Waals surface area (Å²) in [4.78, 5) is 30.8. The van der Waals surface area contributed by atoms with E-state index in [4.69, 9.17) is 48.2 Å². The van der Waals surface area contributed by atoms with Crippen molar-refractivity contribution in [3.05, 3.63) is 386 Å². The fourth-order valence-electron chi connectivity index (χ4n) is 17.7. The highest BCUT2D eigenvalue weighted by Gasteiger charge is 2.44. The van der Waals surface area contributed by atoms with Crippen LogP contribution in [0, 0.1) is 0 Å². The normalized spacial score (nSPS) is 15.4. The Morgan fingerprint density at radius 2 is 0.596 bits per heavy atom. The van der Waals surface area contributed by atoms with Crippen molar-refractivity contribution in [1.82, 2.24) is 39.0 Å². The third kappa shape index (κ3) is 10.7. The van der Waals surface area contributed by atoms with E-state index in [9.17, 15) is 0 Å². The Kier molecular flexibility index (Phi) is 14.9. The van der Waals surface area contributed by atoms with E-state index in [-0.39, 0.29) is 24.0 Å². The summed E-state index contributed by atoms with van der Waals surface area (Å²) < 4.78 is 31.3. The summed E-state index contributed by atoms with van der Waals surface area (Å²) in [5.41, 5.74) is 24.8. The molecule has 4 unspecified atom stereocenters. The van der Waals surface area contributed by atoms with Crippen LogP contribution in [-0.4, -0.2) is 39.0 Å². The lowest BCUT2D eigenvalue weighted by atomic mass is 9.83. The third-order valence-electron chi connectivity index (χ3n) is 22.9. The molecule has 0 bridgehead atoms. The summed E-state index contributed by atoms with van der Waals surface area (Å²) in [7, 11) is 0. The fraction of sp³-hybridized carbons (Fsp3) is 0.0392. The number of aromatic nitrogens is 8. The molecular formula is C102H64N8O4. The molecule has 12 nitrogen and oxygen atoms in total. The van der Waals surface area contributed by atoms with Gasteiger partial charge in [-0.3, -0.25) is 0 Å². The predicted octanol–water partition coefficient (Wildman–Crippen LogP) is 25.3. The van der Waals surface area contributed by atoms with Crippen LogP contribution in [0.15, 0.2) is 361 Å². The van der Waals surface area contributed by atoms with Gasteiger partial charge in [0.2, 0.25) is 0 Å². The number of para-hydroxylation sites is 4. The number of furan rings is 2. The van der Waals surface area contributed by atoms with E-state index in [0.29, 0.717) is 34.9 Å². The Morgan fingerprint density at radius 3 is 1.08 bits per heavy atom. The average molecular weight is 1470 g/mol. The van der Waals surface area contributed by atoms with Gasteiger partial charge in [0.05, 0.1) is 22.4 Å². The van der Waals surface area contributed by atoms with Gasteiger partial charge in [0.1, 0.15) is 46.0 Å². The van der Waals surface area contributed by atoms with Crippen molar-refractivity contribution in [2.24, 2.45) is 0 Å². The lowest BCUT2D eigenvalue weighted by molar-refractivity contribution is 0.224. The quantitative estimate of drug-likeness (QED) is 0.130. The third-order valence-corrected chi connectivity index (χ3v) is 22.9. The van der Waals surface area contributed by atoms with Crippen LogP contribution in [0.1, 0.15) is 57.7 Å². The first kappa shape index (κ1) is 64.8. The molecule has 0 fully saturated rings. The summed E-state index contributed by atoms with van der Waals surface area (Å²) in [6.07, 6.45) is 8.70. The molecule has 0 N–H and O–H groups in total. The SMILES string of the molecule is C1=CC2c3c(cccc3-c3nc(-c4ccccc4)nc(-c4ccc5c(c4)oc4ccccc45)n3)OC2c2c1n(-c1ccc(-c3ccccc3)cc1)c1ccccc21.C1=CC2c3c(cccc3-c3nc(-c4ccccc4)nc(-c4ccc5c(c4)oc4ccccc45)n3)OC2c2c1n(-c1cccc(-c3ccccc3)c1)c1ccccc21. The Balaban J connectivity index is 0.000000135. The minimum atomic E-state index is -0.227. The lowest BCUT2D eigenvalue weighted by Gasteiger charge is -2.23. The zero-order valence-corrected chi connectivity index (χ0v) is 61.2. The van der Waals surface area contributed by atoms with Gasteiger partial charge in [-0.1, -0.05) is 267 Å². The van der Waals surface area contributed by atoms with E-state index < -0.39 is 0 Å². The summed E-state index contributed by atoms with van der Waals surface area (Å²) in [6.45, 7) is 0. The first-order valence-electron chi connectivity index (χ1n) is 38.5. The molecule has 0 radical (unpaired) electrons. The van der Waals surface area contributed by atoms with Crippen molar-refractivity contribution >= 4 is 77.8 Å². The van der Waals surface area contributed by atoms with Crippen LogP contribution >= 0.6 is 0 Å². The molecule has 14 aromatic carbocycles. The van der Waals surface area contributed by atoms with Crippen LogP contribution in [-0.2, 0) is 0 Å². The second kappa shape index (κ2) is 26.3. The number of fused-ring (bicyclic) bond motifs is 20. The maximum atomic E-state index is 7.01. The van der Waals surface area contributed by atoms with Crippen molar-refractivity contribution in [2.75, 3.05) is 0 Å². The molecule has 0 amide bonds. The molecule has 114 heavy (non-hydrogen) atoms. The average Bonchev–Trinajstić information content (AvgIpc) is 1.56. The summed E-state index contributed by atoms with van der Waals surface area (Å²) in [5, 5.41) is 6.66. The molecule has 20 aromatic rings. The maximum Gasteiger partial charge on any atom is 0.164 e. The Hall–Kier alpha value is -15.1. The molecule has 2 aliphatic carbocycles. The van der Waals surface area contributed by atoms with Gasteiger partial charge in [-0.05, 0) is 119 Å². The zero-order valence-electron chi connectivity index (χ0n) is 61.2. The number of rotatable bonds is 10. The van der Waals surface area contributed by atoms with Crippen molar-refractivity contribution in [2.45, 2.75) is 24.0 Å². The number of nitrogens with zero attached hydrogens (tertiary/aromatic N) is 8. The van der Waals surface area contributed by atoms with Crippen LogP contribution in [0.25, 0.3) is 180 Å². The highest BCUT2D eigenvalue weighted by molar-refractivity contribution is 6.07. The number of hydrogen-bond acceptors (Lipinski definition) is 10. The maximum absolute atomic E-state index is 7.01. The van der Waals surface area contributed by atoms with E-state index in [2.05, 4.69) is 252 Å². The minimum absolute atomic E-state index is 0.0456. The van der Waals surface area contributed by atoms with Crippen LogP contribution in [0.3, 0.4) is 0 Å². The van der Waals surface area contributed by atoms with Gasteiger partial charge in [-0.2, -0.15) is 0 Å². The molecular weight excluding hydrogens is 1400 g/mol. The minimum Gasteiger partial charge on any atom is -0.484 e. The first-order chi connectivity index (χ1) is 56.5. The van der Waals surface area contributed by atoms with Crippen LogP contribution in [0.2, 0.25) is 0 Å². The van der Waals surface area contributed by atoms with Gasteiger partial charge in [0.15, 0.2) is 34.9 Å². The van der Waals surface area contributed by atoms with E-state index in [1.54, 1.807) is 0 Å². The van der Waals surface area contributed by atoms with Gasteiger partial charge in [0, 0.05) is 111 Å². The van der Waals surface area contributed by atoms with Crippen molar-refractivity contribution in [1.29, 1.82) is 0 Å². The molecule has 4 aliphatic rings. The monoisotopic (exact) mass is 1460 g/mol. The predicted molar refractivity (Wildman–Crippen MR) is 455 cm³/mol. The van der Waals surface area contributed by atoms with Crippen LogP contribution < -0.4 is 9.47 Å². The van der Waals surface area contributed by atoms with Crippen molar-refractivity contribution < 1.29 is 18.3 Å². The molecule has 536 valence electrons. The van der Waals surface area contributed by atoms with Crippen LogP contribution in [0.5, 0.6) is 11.5 Å². The van der Waals surface area contributed by atoms with Crippen LogP contribution in [0.4, 0.5) is 0 Å². The molecule has 12 heteroatoms. The van der Waals surface area contributed by atoms with E-state index in [0.717, 1.165) is 134 Å². The van der Waals surface area contributed by atoms with Gasteiger partial charge >= 0.3 is 0 Å². The largest absolute Gasteiger partial charge is 0.484 e. The standard InChI is InChI=1S/2C51H32N4O2/c1-3-13-31(14-4-1)33-17-11-18-35(29-33)55-41-22-9-7-20-38(41)47-42(55)28-27-39-46-40(21-12-24-44(46)57-48(39)47)51-53-49(32-15-5-2-6-16-32)52-50(54-51)34-25-26-37-36-19-8-10-23-43(36)56-45(37)30-34;1-3-12-31(13-4-1)32-22-25-35(26-23-32)55-41-19-9-7-17-38(41)47-42(55)29-28-39-46-40(18-11-21-44(46)57-48(39)47)51-53-49(33-14-5-2-6-15-33)52-50(54-51)34-24-27-37-36-16-8-10-20-43(36)56-45(37)30-34/h2*1-30,39,48H. The van der Waals surface area contributed by atoms with Gasteiger partial charge in [0.25, 0.3) is 0 Å². The lowest BCUT2D eigenvalue weighted by Crippen LogP contribution is -2.14. The Bertz CT molecular complexity index is 7330. The molecule has 6 aromatic heterocycles. The molecule has 8 heterocycles. The van der Waals surface area contributed by atoms with Gasteiger partial charge in [-0.25, -0.2) is 29.9 Å². The molecule has 2 aliphatic heterocycles. The van der Waals surface area contributed by atoms with Crippen molar-refractivity contribution in [3.63, 3.8) is 0 Å². The summed E-state index contributed by atoms with van der Waals surface area (Å²) in [6, 6.07) is 117. The zero-order chi connectivity index (χ0) is 74.9. The summed E-state index contributed by atoms with van der Waals surface area (Å²) in [5.74, 6) is 5.17. The summed E-state index contributed by atoms with van der Waals surface area (Å²) >= 11 is 0. The number of ether oxygens (including phenoxy) is 2. The second-order valence-electron chi connectivity index (χ2n) is 29.4. The second-order valence-corrected chi connectivity index (χ2v) is 29.4. The highest BCUT2D eigenvalue weighted by atomic mass is 16.5. The Morgan fingerprint density at radius 1 is 0.237 bits per heavy atom. The smallest absolute Gasteiger partial charge is 0.164 e. The number of benzene rings is 14. The topological polar surface area (TPSA) is 132 Å². The Labute approximate surface area is 654 Å². The van der Waals surface area contributed by atoms with E-state index >= 15 is 0 Å².